The first-order valence-corrected chi connectivity index (χ1v) is 6.47. The summed E-state index contributed by atoms with van der Waals surface area (Å²) in [7, 11) is 3.73. The summed E-state index contributed by atoms with van der Waals surface area (Å²) in [6.07, 6.45) is 0. The fourth-order valence-electron chi connectivity index (χ4n) is 1.35. The number of aromatic hydroxyl groups is 1. The van der Waals surface area contributed by atoms with Crippen LogP contribution in [0, 0.1) is 0 Å². The molecule has 0 aliphatic rings. The van der Waals surface area contributed by atoms with Gasteiger partial charge in [0.15, 0.2) is 0 Å². The van der Waals surface area contributed by atoms with Crippen LogP contribution in [-0.4, -0.2) is 37.3 Å². The van der Waals surface area contributed by atoms with Gasteiger partial charge < -0.3 is 9.84 Å². The molecule has 0 atom stereocenters. The standard InChI is InChI=1S/C11H15Br2NO2/c1-14(3-4-16-2)7-8-5-9(12)11(15)10(13)6-8/h5-6,15H,3-4,7H2,1-2H3. The Kier molecular flexibility index (Phi) is 5.75. The summed E-state index contributed by atoms with van der Waals surface area (Å²) in [5.74, 6) is 0.239. The zero-order chi connectivity index (χ0) is 12.1. The summed E-state index contributed by atoms with van der Waals surface area (Å²) in [6, 6.07) is 3.84. The molecule has 0 aliphatic heterocycles. The van der Waals surface area contributed by atoms with Crippen LogP contribution in [-0.2, 0) is 11.3 Å². The third-order valence-electron chi connectivity index (χ3n) is 2.21. The number of methoxy groups -OCH3 is 1. The first-order chi connectivity index (χ1) is 7.54. The first-order valence-electron chi connectivity index (χ1n) is 4.89. The van der Waals surface area contributed by atoms with Crippen molar-refractivity contribution in [2.24, 2.45) is 0 Å². The van der Waals surface area contributed by atoms with Crippen molar-refractivity contribution >= 4 is 31.9 Å². The highest BCUT2D eigenvalue weighted by Gasteiger charge is 2.07. The van der Waals surface area contributed by atoms with Gasteiger partial charge in [0, 0.05) is 20.2 Å². The molecule has 0 saturated carbocycles. The van der Waals surface area contributed by atoms with E-state index in [2.05, 4.69) is 36.8 Å². The van der Waals surface area contributed by atoms with Crippen LogP contribution in [0.1, 0.15) is 5.56 Å². The molecule has 0 bridgehead atoms. The summed E-state index contributed by atoms with van der Waals surface area (Å²) in [4.78, 5) is 2.16. The zero-order valence-corrected chi connectivity index (χ0v) is 12.5. The highest BCUT2D eigenvalue weighted by Crippen LogP contribution is 2.33. The van der Waals surface area contributed by atoms with Gasteiger partial charge in [-0.2, -0.15) is 0 Å². The van der Waals surface area contributed by atoms with Gasteiger partial charge in [-0.1, -0.05) is 0 Å². The van der Waals surface area contributed by atoms with E-state index in [-0.39, 0.29) is 5.75 Å². The Bertz CT molecular complexity index is 335. The summed E-state index contributed by atoms with van der Waals surface area (Å²) in [5.41, 5.74) is 1.13. The van der Waals surface area contributed by atoms with Crippen molar-refractivity contribution in [3.63, 3.8) is 0 Å². The van der Waals surface area contributed by atoms with Crippen molar-refractivity contribution in [2.75, 3.05) is 27.3 Å². The Hall–Kier alpha value is -0.100. The quantitative estimate of drug-likeness (QED) is 0.884. The van der Waals surface area contributed by atoms with E-state index >= 15 is 0 Å². The second kappa shape index (κ2) is 6.59. The van der Waals surface area contributed by atoms with E-state index in [1.807, 2.05) is 19.2 Å². The average molecular weight is 353 g/mol. The number of halogens is 2. The minimum absolute atomic E-state index is 0.239. The molecule has 1 aromatic rings. The lowest BCUT2D eigenvalue weighted by atomic mass is 10.2. The van der Waals surface area contributed by atoms with Gasteiger partial charge in [0.25, 0.3) is 0 Å². The molecule has 3 nitrogen and oxygen atoms in total. The second-order valence-electron chi connectivity index (χ2n) is 3.64. The van der Waals surface area contributed by atoms with Crippen molar-refractivity contribution in [3.8, 4) is 5.75 Å². The number of nitrogens with zero attached hydrogens (tertiary/aromatic N) is 1. The number of benzene rings is 1. The van der Waals surface area contributed by atoms with Crippen LogP contribution < -0.4 is 0 Å². The maximum absolute atomic E-state index is 9.58. The normalized spacial score (nSPS) is 11.1. The second-order valence-corrected chi connectivity index (χ2v) is 5.35. The Morgan fingerprint density at radius 1 is 1.31 bits per heavy atom. The van der Waals surface area contributed by atoms with Crippen molar-refractivity contribution < 1.29 is 9.84 Å². The van der Waals surface area contributed by atoms with Gasteiger partial charge in [-0.3, -0.25) is 4.90 Å². The van der Waals surface area contributed by atoms with Crippen LogP contribution >= 0.6 is 31.9 Å². The molecule has 1 N–H and O–H groups in total. The third-order valence-corrected chi connectivity index (χ3v) is 3.42. The monoisotopic (exact) mass is 351 g/mol. The zero-order valence-electron chi connectivity index (χ0n) is 9.33. The molecule has 1 aromatic carbocycles. The van der Waals surface area contributed by atoms with E-state index in [1.54, 1.807) is 7.11 Å². The van der Waals surface area contributed by atoms with Crippen LogP contribution in [0.3, 0.4) is 0 Å². The topological polar surface area (TPSA) is 32.7 Å². The van der Waals surface area contributed by atoms with E-state index in [4.69, 9.17) is 4.74 Å². The number of hydrogen-bond acceptors (Lipinski definition) is 3. The number of ether oxygens (including phenoxy) is 1. The molecule has 0 aromatic heterocycles. The summed E-state index contributed by atoms with van der Waals surface area (Å²) >= 11 is 6.63. The van der Waals surface area contributed by atoms with E-state index in [0.29, 0.717) is 8.95 Å². The lowest BCUT2D eigenvalue weighted by Crippen LogP contribution is -2.22. The molecule has 0 unspecified atom stereocenters. The van der Waals surface area contributed by atoms with Crippen molar-refractivity contribution in [3.05, 3.63) is 26.6 Å². The number of phenolic OH excluding ortho intramolecular Hbond substituents is 1. The van der Waals surface area contributed by atoms with Crippen molar-refractivity contribution in [1.29, 1.82) is 0 Å². The fourth-order valence-corrected chi connectivity index (χ4v) is 2.63. The smallest absolute Gasteiger partial charge is 0.143 e. The van der Waals surface area contributed by atoms with Gasteiger partial charge in [0.1, 0.15) is 5.75 Å². The van der Waals surface area contributed by atoms with Crippen LogP contribution in [0.15, 0.2) is 21.1 Å². The molecule has 0 radical (unpaired) electrons. The van der Waals surface area contributed by atoms with Crippen LogP contribution in [0.2, 0.25) is 0 Å². The third kappa shape index (κ3) is 4.05. The highest BCUT2D eigenvalue weighted by atomic mass is 79.9. The molecule has 1 rings (SSSR count). The molecule has 0 aliphatic carbocycles. The highest BCUT2D eigenvalue weighted by molar-refractivity contribution is 9.11. The van der Waals surface area contributed by atoms with Gasteiger partial charge in [-0.25, -0.2) is 0 Å². The van der Waals surface area contributed by atoms with Gasteiger partial charge in [-0.15, -0.1) is 0 Å². The fraction of sp³-hybridized carbons (Fsp3) is 0.455. The minimum Gasteiger partial charge on any atom is -0.506 e. The van der Waals surface area contributed by atoms with Gasteiger partial charge >= 0.3 is 0 Å². The maximum Gasteiger partial charge on any atom is 0.143 e. The molecule has 0 amide bonds. The molecule has 0 spiro atoms. The number of rotatable bonds is 5. The predicted octanol–water partition coefficient (Wildman–Crippen LogP) is 3.00. The molecule has 16 heavy (non-hydrogen) atoms. The first kappa shape index (κ1) is 14.0. The van der Waals surface area contributed by atoms with E-state index < -0.39 is 0 Å². The SMILES string of the molecule is COCCN(C)Cc1cc(Br)c(O)c(Br)c1. The van der Waals surface area contributed by atoms with E-state index in [0.717, 1.165) is 25.3 Å². The Morgan fingerprint density at radius 2 is 1.88 bits per heavy atom. The number of hydrogen-bond donors (Lipinski definition) is 1. The largest absolute Gasteiger partial charge is 0.506 e. The minimum atomic E-state index is 0.239. The van der Waals surface area contributed by atoms with Crippen LogP contribution in [0.25, 0.3) is 0 Å². The summed E-state index contributed by atoms with van der Waals surface area (Å²) in [5, 5.41) is 9.58. The lowest BCUT2D eigenvalue weighted by molar-refractivity contribution is 0.158. The summed E-state index contributed by atoms with van der Waals surface area (Å²) in [6.45, 7) is 2.42. The molecular formula is C11H15Br2NO2. The molecule has 0 saturated heterocycles. The van der Waals surface area contributed by atoms with E-state index in [9.17, 15) is 5.11 Å². The number of phenols is 1. The van der Waals surface area contributed by atoms with Gasteiger partial charge in [0.05, 0.1) is 15.6 Å². The Labute approximate surface area is 113 Å². The molecular weight excluding hydrogens is 338 g/mol. The van der Waals surface area contributed by atoms with Gasteiger partial charge in [0.2, 0.25) is 0 Å². The van der Waals surface area contributed by atoms with Gasteiger partial charge in [-0.05, 0) is 56.6 Å². The molecule has 90 valence electrons. The van der Waals surface area contributed by atoms with E-state index in [1.165, 1.54) is 0 Å². The predicted molar refractivity (Wildman–Crippen MR) is 71.7 cm³/mol. The molecule has 0 fully saturated rings. The Balaban J connectivity index is 2.67. The summed E-state index contributed by atoms with van der Waals surface area (Å²) < 4.78 is 6.43. The Morgan fingerprint density at radius 3 is 2.38 bits per heavy atom. The average Bonchev–Trinajstić information content (AvgIpc) is 2.23. The van der Waals surface area contributed by atoms with Crippen LogP contribution in [0.5, 0.6) is 5.75 Å². The number of likely N-dealkylation sites (N-methyl/N-ethyl adjacent to an activating group) is 1. The lowest BCUT2D eigenvalue weighted by Gasteiger charge is -2.16. The van der Waals surface area contributed by atoms with Crippen LogP contribution in [0.4, 0.5) is 0 Å². The van der Waals surface area contributed by atoms with Crippen molar-refractivity contribution in [2.45, 2.75) is 6.54 Å². The van der Waals surface area contributed by atoms with Crippen molar-refractivity contribution in [1.82, 2.24) is 4.90 Å². The molecule has 5 heteroatoms. The molecule has 0 heterocycles. The maximum atomic E-state index is 9.58.